The van der Waals surface area contributed by atoms with E-state index in [0.29, 0.717) is 11.6 Å². The zero-order chi connectivity index (χ0) is 15.3. The van der Waals surface area contributed by atoms with Crippen LogP contribution in [0.15, 0.2) is 48.5 Å². The highest BCUT2D eigenvalue weighted by Crippen LogP contribution is 2.23. The Kier molecular flexibility index (Phi) is 5.51. The van der Waals surface area contributed by atoms with Crippen LogP contribution in [-0.4, -0.2) is 31.7 Å². The molecule has 0 radical (unpaired) electrons. The van der Waals surface area contributed by atoms with E-state index < -0.39 is 0 Å². The summed E-state index contributed by atoms with van der Waals surface area (Å²) in [6.07, 6.45) is 0. The van der Waals surface area contributed by atoms with E-state index in [1.54, 1.807) is 0 Å². The number of nitrogens with zero attached hydrogens (tertiary/aromatic N) is 1. The molecule has 0 N–H and O–H groups in total. The maximum Gasteiger partial charge on any atom is 0.138 e. The quantitative estimate of drug-likeness (QED) is 0.703. The van der Waals surface area contributed by atoms with Gasteiger partial charge in [-0.2, -0.15) is 0 Å². The molecule has 0 unspecified atom stereocenters. The number of benzene rings is 2. The van der Waals surface area contributed by atoms with E-state index in [2.05, 4.69) is 20.2 Å². The summed E-state index contributed by atoms with van der Waals surface area (Å²) in [5.74, 6) is 0.733. The predicted molar refractivity (Wildman–Crippen MR) is 89.1 cm³/mol. The summed E-state index contributed by atoms with van der Waals surface area (Å²) >= 11 is 12.3. The molecule has 0 saturated heterocycles. The fourth-order valence-corrected chi connectivity index (χ4v) is 2.52. The van der Waals surface area contributed by atoms with Crippen LogP contribution >= 0.6 is 23.2 Å². The molecule has 21 heavy (non-hydrogen) atoms. The number of rotatable bonds is 6. The third-order valence-corrected chi connectivity index (χ3v) is 4.03. The van der Waals surface area contributed by atoms with Crippen molar-refractivity contribution in [1.29, 1.82) is 0 Å². The molecule has 0 aromatic heterocycles. The number of likely N-dealkylation sites (N-methyl/N-ethyl adjacent to an activating group) is 1. The first-order valence-corrected chi connectivity index (χ1v) is 7.66. The fraction of sp³-hybridized carbons (Fsp3) is 0.294. The van der Waals surface area contributed by atoms with Gasteiger partial charge in [0.05, 0.1) is 19.1 Å². The molecular weight excluding hydrogens is 305 g/mol. The van der Waals surface area contributed by atoms with Crippen LogP contribution < -0.4 is 4.74 Å². The summed E-state index contributed by atoms with van der Waals surface area (Å²) in [6.45, 7) is 2.35. The number of para-hydroxylation sites is 1. The maximum absolute atomic E-state index is 6.22. The second-order valence-corrected chi connectivity index (χ2v) is 6.50. The van der Waals surface area contributed by atoms with Crippen molar-refractivity contribution in [2.45, 2.75) is 6.54 Å². The van der Waals surface area contributed by atoms with E-state index in [1.807, 2.05) is 42.5 Å². The van der Waals surface area contributed by atoms with Gasteiger partial charge in [0.2, 0.25) is 0 Å². The maximum atomic E-state index is 6.22. The molecule has 0 amide bonds. The Morgan fingerprint density at radius 2 is 1.52 bits per heavy atom. The minimum Gasteiger partial charge on any atom is -0.486 e. The first-order valence-electron chi connectivity index (χ1n) is 6.91. The highest BCUT2D eigenvalue weighted by Gasteiger charge is 2.17. The monoisotopic (exact) mass is 324 g/mol. The van der Waals surface area contributed by atoms with E-state index >= 15 is 0 Å². The highest BCUT2D eigenvalue weighted by molar-refractivity contribution is 6.32. The van der Waals surface area contributed by atoms with Gasteiger partial charge < -0.3 is 9.22 Å². The van der Waals surface area contributed by atoms with Crippen LogP contribution in [0.4, 0.5) is 0 Å². The van der Waals surface area contributed by atoms with Crippen molar-refractivity contribution in [1.82, 2.24) is 0 Å². The second kappa shape index (κ2) is 7.17. The van der Waals surface area contributed by atoms with E-state index in [4.69, 9.17) is 27.9 Å². The van der Waals surface area contributed by atoms with Gasteiger partial charge in [-0.25, -0.2) is 0 Å². The van der Waals surface area contributed by atoms with Gasteiger partial charge in [0, 0.05) is 10.6 Å². The molecule has 0 aliphatic carbocycles. The van der Waals surface area contributed by atoms with E-state index in [0.717, 1.165) is 33.9 Å². The molecule has 112 valence electrons. The lowest BCUT2D eigenvalue weighted by Gasteiger charge is -2.30. The summed E-state index contributed by atoms with van der Waals surface area (Å²) in [6, 6.07) is 15.5. The SMILES string of the molecule is C[N+](C)(CCOc1ccccc1Cl)Cc1ccccc1Cl. The lowest BCUT2D eigenvalue weighted by atomic mass is 10.2. The molecule has 0 atom stereocenters. The van der Waals surface area contributed by atoms with Crippen LogP contribution in [-0.2, 0) is 6.54 Å². The van der Waals surface area contributed by atoms with Crippen molar-refractivity contribution in [2.75, 3.05) is 27.2 Å². The number of hydrogen-bond acceptors (Lipinski definition) is 1. The topological polar surface area (TPSA) is 9.23 Å². The molecule has 0 bridgehead atoms. The van der Waals surface area contributed by atoms with Gasteiger partial charge in [0.15, 0.2) is 0 Å². The Morgan fingerprint density at radius 3 is 2.19 bits per heavy atom. The van der Waals surface area contributed by atoms with Crippen LogP contribution in [0, 0.1) is 0 Å². The zero-order valence-corrected chi connectivity index (χ0v) is 13.9. The first-order chi connectivity index (χ1) is 9.98. The molecule has 2 nitrogen and oxygen atoms in total. The van der Waals surface area contributed by atoms with E-state index in [9.17, 15) is 0 Å². The van der Waals surface area contributed by atoms with Crippen LogP contribution in [0.5, 0.6) is 5.75 Å². The van der Waals surface area contributed by atoms with Gasteiger partial charge in [-0.1, -0.05) is 53.5 Å². The lowest BCUT2D eigenvalue weighted by molar-refractivity contribution is -0.903. The molecule has 2 aromatic rings. The molecule has 0 heterocycles. The third-order valence-electron chi connectivity index (χ3n) is 3.35. The minimum atomic E-state index is 0.612. The number of ether oxygens (including phenoxy) is 1. The normalized spacial score (nSPS) is 11.4. The van der Waals surface area contributed by atoms with Crippen molar-refractivity contribution in [3.8, 4) is 5.75 Å². The first kappa shape index (κ1) is 16.2. The zero-order valence-electron chi connectivity index (χ0n) is 12.4. The second-order valence-electron chi connectivity index (χ2n) is 5.69. The third kappa shape index (κ3) is 4.92. The molecule has 0 fully saturated rings. The van der Waals surface area contributed by atoms with Gasteiger partial charge in [0.1, 0.15) is 25.4 Å². The molecule has 2 aromatic carbocycles. The molecule has 0 saturated carbocycles. The Balaban J connectivity index is 1.90. The molecule has 2 rings (SSSR count). The molecule has 4 heteroatoms. The summed E-state index contributed by atoms with van der Waals surface area (Å²) in [5.41, 5.74) is 1.15. The van der Waals surface area contributed by atoms with E-state index in [-0.39, 0.29) is 0 Å². The van der Waals surface area contributed by atoms with Gasteiger partial charge in [-0.3, -0.25) is 0 Å². The average molecular weight is 325 g/mol. The lowest BCUT2D eigenvalue weighted by Crippen LogP contribution is -2.42. The number of halogens is 2. The van der Waals surface area contributed by atoms with Gasteiger partial charge in [0.25, 0.3) is 0 Å². The van der Waals surface area contributed by atoms with Crippen molar-refractivity contribution >= 4 is 23.2 Å². The van der Waals surface area contributed by atoms with Crippen molar-refractivity contribution < 1.29 is 9.22 Å². The fourth-order valence-electron chi connectivity index (χ4n) is 2.13. The van der Waals surface area contributed by atoms with Crippen LogP contribution in [0.3, 0.4) is 0 Å². The van der Waals surface area contributed by atoms with Crippen molar-refractivity contribution in [2.24, 2.45) is 0 Å². The van der Waals surface area contributed by atoms with Crippen molar-refractivity contribution in [3.63, 3.8) is 0 Å². The summed E-state index contributed by atoms with van der Waals surface area (Å²) < 4.78 is 6.56. The van der Waals surface area contributed by atoms with Crippen LogP contribution in [0.2, 0.25) is 10.0 Å². The molecular formula is C17H20Cl2NO+. The molecule has 0 spiro atoms. The molecule has 0 aliphatic rings. The smallest absolute Gasteiger partial charge is 0.138 e. The molecule has 0 aliphatic heterocycles. The van der Waals surface area contributed by atoms with Crippen LogP contribution in [0.25, 0.3) is 0 Å². The summed E-state index contributed by atoms with van der Waals surface area (Å²) in [7, 11) is 4.33. The Morgan fingerprint density at radius 1 is 0.905 bits per heavy atom. The Hall–Kier alpha value is -1.22. The Labute approximate surface area is 136 Å². The minimum absolute atomic E-state index is 0.612. The van der Waals surface area contributed by atoms with Gasteiger partial charge >= 0.3 is 0 Å². The number of hydrogen-bond donors (Lipinski definition) is 0. The van der Waals surface area contributed by atoms with Gasteiger partial charge in [-0.15, -0.1) is 0 Å². The highest BCUT2D eigenvalue weighted by atomic mass is 35.5. The summed E-state index contributed by atoms with van der Waals surface area (Å²) in [4.78, 5) is 0. The van der Waals surface area contributed by atoms with Crippen LogP contribution in [0.1, 0.15) is 5.56 Å². The summed E-state index contributed by atoms with van der Waals surface area (Å²) in [5, 5.41) is 1.46. The largest absolute Gasteiger partial charge is 0.486 e. The van der Waals surface area contributed by atoms with Gasteiger partial charge in [-0.05, 0) is 18.2 Å². The Bertz CT molecular complexity index is 599. The predicted octanol–water partition coefficient (Wildman–Crippen LogP) is 4.65. The standard InChI is InChI=1S/C17H20Cl2NO/c1-20(2,13-14-7-3-4-8-15(14)18)11-12-21-17-10-6-5-9-16(17)19/h3-10H,11-13H2,1-2H3/q+1. The average Bonchev–Trinajstić information content (AvgIpc) is 2.43. The van der Waals surface area contributed by atoms with Crippen molar-refractivity contribution in [3.05, 3.63) is 64.1 Å². The van der Waals surface area contributed by atoms with E-state index in [1.165, 1.54) is 0 Å². The number of quaternary nitrogens is 1.